The van der Waals surface area contributed by atoms with Gasteiger partial charge >= 0.3 is 0 Å². The maximum absolute atomic E-state index is 13.7. The number of piperazine rings is 1. The second-order valence-corrected chi connectivity index (χ2v) is 5.16. The Labute approximate surface area is 113 Å². The molecular weight excluding hydrogens is 245 g/mol. The van der Waals surface area contributed by atoms with Crippen LogP contribution in [0.3, 0.4) is 0 Å². The van der Waals surface area contributed by atoms with E-state index in [1.165, 1.54) is 18.2 Å². The molecule has 1 aliphatic rings. The van der Waals surface area contributed by atoms with Crippen molar-refractivity contribution < 1.29 is 9.18 Å². The molecule has 2 N–H and O–H groups in total. The smallest absolute Gasteiger partial charge is 0.256 e. The first-order valence-electron chi connectivity index (χ1n) is 6.57. The summed E-state index contributed by atoms with van der Waals surface area (Å²) in [4.78, 5) is 16.3. The van der Waals surface area contributed by atoms with Gasteiger partial charge in [-0.05, 0) is 32.0 Å². The predicted molar refractivity (Wildman–Crippen MR) is 73.4 cm³/mol. The lowest BCUT2D eigenvalue weighted by Gasteiger charge is -2.37. The Morgan fingerprint density at radius 1 is 1.26 bits per heavy atom. The molecule has 104 valence electrons. The minimum atomic E-state index is -0.509. The first kappa shape index (κ1) is 13.8. The highest BCUT2D eigenvalue weighted by Gasteiger charge is 2.25. The van der Waals surface area contributed by atoms with Crippen LogP contribution < -0.4 is 5.73 Å². The van der Waals surface area contributed by atoms with Crippen LogP contribution in [0.4, 0.5) is 10.1 Å². The van der Waals surface area contributed by atoms with Gasteiger partial charge in [0.2, 0.25) is 0 Å². The lowest BCUT2D eigenvalue weighted by Crippen LogP contribution is -2.50. The SMILES string of the molecule is CC(C)N1CCN(C(=O)c2cc(N)ccc2F)CC1. The van der Waals surface area contributed by atoms with E-state index < -0.39 is 5.82 Å². The number of hydrogen-bond donors (Lipinski definition) is 1. The third-order valence-corrected chi connectivity index (χ3v) is 3.55. The number of benzene rings is 1. The molecular formula is C14H20FN3O. The van der Waals surface area contributed by atoms with Crippen molar-refractivity contribution in [2.75, 3.05) is 31.9 Å². The fraction of sp³-hybridized carbons (Fsp3) is 0.500. The van der Waals surface area contributed by atoms with Crippen LogP contribution in [0.25, 0.3) is 0 Å². The average Bonchev–Trinajstić information content (AvgIpc) is 2.41. The fourth-order valence-corrected chi connectivity index (χ4v) is 2.32. The Bertz CT molecular complexity index is 468. The first-order valence-corrected chi connectivity index (χ1v) is 6.57. The van der Waals surface area contributed by atoms with E-state index in [2.05, 4.69) is 18.7 Å². The summed E-state index contributed by atoms with van der Waals surface area (Å²) in [5.74, 6) is -0.779. The predicted octanol–water partition coefficient (Wildman–Crippen LogP) is 1.57. The third kappa shape index (κ3) is 3.04. The van der Waals surface area contributed by atoms with Crippen LogP contribution >= 0.6 is 0 Å². The Balaban J connectivity index is 2.07. The van der Waals surface area contributed by atoms with Crippen LogP contribution in [-0.2, 0) is 0 Å². The molecule has 0 unspecified atom stereocenters. The van der Waals surface area contributed by atoms with Crippen molar-refractivity contribution in [3.63, 3.8) is 0 Å². The normalized spacial score (nSPS) is 16.9. The molecule has 0 saturated carbocycles. The van der Waals surface area contributed by atoms with E-state index in [9.17, 15) is 9.18 Å². The summed E-state index contributed by atoms with van der Waals surface area (Å²) < 4.78 is 13.7. The fourth-order valence-electron chi connectivity index (χ4n) is 2.32. The number of hydrogen-bond acceptors (Lipinski definition) is 3. The van der Waals surface area contributed by atoms with Gasteiger partial charge in [0.25, 0.3) is 5.91 Å². The van der Waals surface area contributed by atoms with Gasteiger partial charge < -0.3 is 10.6 Å². The van der Waals surface area contributed by atoms with E-state index in [-0.39, 0.29) is 11.5 Å². The summed E-state index contributed by atoms with van der Waals surface area (Å²) in [6.45, 7) is 7.18. The highest BCUT2D eigenvalue weighted by molar-refractivity contribution is 5.95. The minimum Gasteiger partial charge on any atom is -0.399 e. The van der Waals surface area contributed by atoms with E-state index in [4.69, 9.17) is 5.73 Å². The monoisotopic (exact) mass is 265 g/mol. The van der Waals surface area contributed by atoms with Gasteiger partial charge in [-0.15, -0.1) is 0 Å². The molecule has 0 aliphatic carbocycles. The maximum Gasteiger partial charge on any atom is 0.256 e. The zero-order valence-corrected chi connectivity index (χ0v) is 11.4. The Morgan fingerprint density at radius 2 is 1.89 bits per heavy atom. The molecule has 0 atom stereocenters. The van der Waals surface area contributed by atoms with Crippen LogP contribution in [0.2, 0.25) is 0 Å². The standard InChI is InChI=1S/C14H20FN3O/c1-10(2)17-5-7-18(8-6-17)14(19)12-9-11(16)3-4-13(12)15/h3-4,9-10H,5-8,16H2,1-2H3. The number of nitrogens with two attached hydrogens (primary N) is 1. The Morgan fingerprint density at radius 3 is 2.47 bits per heavy atom. The van der Waals surface area contributed by atoms with Crippen molar-refractivity contribution in [2.24, 2.45) is 0 Å². The number of nitrogen functional groups attached to an aromatic ring is 1. The summed E-state index contributed by atoms with van der Waals surface area (Å²) in [7, 11) is 0. The topological polar surface area (TPSA) is 49.6 Å². The van der Waals surface area contributed by atoms with Gasteiger partial charge in [0.15, 0.2) is 0 Å². The molecule has 1 aromatic carbocycles. The number of anilines is 1. The van der Waals surface area contributed by atoms with Crippen molar-refractivity contribution in [1.82, 2.24) is 9.80 Å². The van der Waals surface area contributed by atoms with Gasteiger partial charge in [0.1, 0.15) is 5.82 Å². The second-order valence-electron chi connectivity index (χ2n) is 5.16. The van der Waals surface area contributed by atoms with E-state index >= 15 is 0 Å². The van der Waals surface area contributed by atoms with E-state index in [1.807, 2.05) is 0 Å². The lowest BCUT2D eigenvalue weighted by atomic mass is 10.1. The van der Waals surface area contributed by atoms with Gasteiger partial charge in [-0.1, -0.05) is 0 Å². The number of nitrogens with zero attached hydrogens (tertiary/aromatic N) is 2. The number of rotatable bonds is 2. The summed E-state index contributed by atoms with van der Waals surface area (Å²) in [5.41, 5.74) is 6.09. The van der Waals surface area contributed by atoms with Crippen molar-refractivity contribution in [1.29, 1.82) is 0 Å². The van der Waals surface area contributed by atoms with Crippen LogP contribution in [0, 0.1) is 5.82 Å². The van der Waals surface area contributed by atoms with E-state index in [1.54, 1.807) is 4.90 Å². The van der Waals surface area contributed by atoms with Gasteiger partial charge in [0.05, 0.1) is 5.56 Å². The molecule has 1 fully saturated rings. The molecule has 5 heteroatoms. The summed E-state index contributed by atoms with van der Waals surface area (Å²) in [6, 6.07) is 4.59. The number of halogens is 1. The molecule has 0 aromatic heterocycles. The average molecular weight is 265 g/mol. The van der Waals surface area contributed by atoms with Crippen molar-refractivity contribution in [3.8, 4) is 0 Å². The molecule has 1 saturated heterocycles. The van der Waals surface area contributed by atoms with Crippen LogP contribution in [0.1, 0.15) is 24.2 Å². The van der Waals surface area contributed by atoms with Gasteiger partial charge in [-0.3, -0.25) is 9.69 Å². The Hall–Kier alpha value is -1.62. The van der Waals surface area contributed by atoms with Crippen molar-refractivity contribution in [3.05, 3.63) is 29.6 Å². The maximum atomic E-state index is 13.7. The quantitative estimate of drug-likeness (QED) is 0.826. The summed E-state index contributed by atoms with van der Waals surface area (Å²) >= 11 is 0. The zero-order valence-electron chi connectivity index (χ0n) is 11.4. The third-order valence-electron chi connectivity index (χ3n) is 3.55. The van der Waals surface area contributed by atoms with E-state index in [0.717, 1.165) is 13.1 Å². The molecule has 4 nitrogen and oxygen atoms in total. The molecule has 1 amide bonds. The molecule has 0 bridgehead atoms. The molecule has 0 radical (unpaired) electrons. The number of amides is 1. The largest absolute Gasteiger partial charge is 0.399 e. The van der Waals surface area contributed by atoms with Gasteiger partial charge in [-0.2, -0.15) is 0 Å². The molecule has 0 spiro atoms. The van der Waals surface area contributed by atoms with Gasteiger partial charge in [0, 0.05) is 37.9 Å². The molecule has 1 heterocycles. The van der Waals surface area contributed by atoms with Gasteiger partial charge in [-0.25, -0.2) is 4.39 Å². The number of carbonyl (C=O) groups is 1. The molecule has 1 aromatic rings. The van der Waals surface area contributed by atoms with E-state index in [0.29, 0.717) is 24.8 Å². The van der Waals surface area contributed by atoms with Crippen LogP contribution in [-0.4, -0.2) is 47.9 Å². The molecule has 1 aliphatic heterocycles. The highest BCUT2D eigenvalue weighted by Crippen LogP contribution is 2.16. The Kier molecular flexibility index (Phi) is 4.04. The number of carbonyl (C=O) groups excluding carboxylic acids is 1. The van der Waals surface area contributed by atoms with Crippen LogP contribution in [0.5, 0.6) is 0 Å². The summed E-state index contributed by atoms with van der Waals surface area (Å²) in [6.07, 6.45) is 0. The van der Waals surface area contributed by atoms with Crippen LogP contribution in [0.15, 0.2) is 18.2 Å². The zero-order chi connectivity index (χ0) is 14.0. The van der Waals surface area contributed by atoms with Crippen molar-refractivity contribution in [2.45, 2.75) is 19.9 Å². The van der Waals surface area contributed by atoms with Crippen molar-refractivity contribution >= 4 is 11.6 Å². The second kappa shape index (κ2) is 5.57. The summed E-state index contributed by atoms with van der Waals surface area (Å²) in [5, 5.41) is 0. The lowest BCUT2D eigenvalue weighted by molar-refractivity contribution is 0.0591. The molecule has 19 heavy (non-hydrogen) atoms. The molecule has 2 rings (SSSR count). The minimum absolute atomic E-state index is 0.0676. The highest BCUT2D eigenvalue weighted by atomic mass is 19.1. The first-order chi connectivity index (χ1) is 8.99.